The van der Waals surface area contributed by atoms with Crippen LogP contribution in [0, 0.1) is 0 Å². The Morgan fingerprint density at radius 1 is 0.364 bits per heavy atom. The molecule has 0 aliphatic carbocycles. The van der Waals surface area contributed by atoms with Crippen LogP contribution in [0.4, 0.5) is 0 Å². The molecule has 0 aromatic carbocycles. The van der Waals surface area contributed by atoms with Crippen LogP contribution in [0.15, 0.2) is 0 Å². The summed E-state index contributed by atoms with van der Waals surface area (Å²) in [6, 6.07) is 0. The summed E-state index contributed by atoms with van der Waals surface area (Å²) in [7, 11) is -20.7. The normalized spacial score (nSPS) is 10.5. The van der Waals surface area contributed by atoms with E-state index in [4.69, 9.17) is 70.1 Å². The van der Waals surface area contributed by atoms with Crippen LogP contribution in [0.1, 0.15) is 0 Å². The standard InChI is InChI=1S/Hf.4H2O4S.Zr/c;4*1-5(2,3)4;/h;4*(H2,1,2,3,4);/q+4;;;;;+4/p-8. The molecule has 0 fully saturated rings. The molecule has 0 saturated heterocycles. The van der Waals surface area contributed by atoms with Gasteiger partial charge in [0, 0.05) is 41.6 Å². The molecule has 22 heteroatoms. The third kappa shape index (κ3) is 5720. The molecule has 16 nitrogen and oxygen atoms in total. The summed E-state index contributed by atoms with van der Waals surface area (Å²) < 4.78 is 136. The maximum Gasteiger partial charge on any atom is 4.00 e. The predicted molar refractivity (Wildman–Crippen MR) is 41.9 cm³/mol. The van der Waals surface area contributed by atoms with Gasteiger partial charge in [-0.1, -0.05) is 0 Å². The molecule has 0 aromatic heterocycles. The van der Waals surface area contributed by atoms with Crippen LogP contribution in [0.5, 0.6) is 0 Å². The van der Waals surface area contributed by atoms with Gasteiger partial charge in [0.2, 0.25) is 0 Å². The fourth-order valence-corrected chi connectivity index (χ4v) is 0. The minimum Gasteiger partial charge on any atom is -0.759 e. The average Bonchev–Trinajstić information content (AvgIpc) is 1.62. The molecule has 0 bridgehead atoms. The number of rotatable bonds is 0. The SMILES string of the molecule is O=S(=O)([O-])[O-].O=S(=O)([O-])[O-].O=S(=O)([O-])[O-].O=S(=O)([O-])[O-].[Hf+4].[Zr+4]. The van der Waals surface area contributed by atoms with E-state index in [1.807, 2.05) is 0 Å². The first kappa shape index (κ1) is 38.7. The van der Waals surface area contributed by atoms with Gasteiger partial charge in [-0.3, -0.25) is 33.7 Å². The average molecular weight is 654 g/mol. The molecular weight excluding hydrogens is 654 g/mol. The van der Waals surface area contributed by atoms with Crippen molar-refractivity contribution >= 4 is 41.6 Å². The molecule has 0 heterocycles. The van der Waals surface area contributed by atoms with Gasteiger partial charge in [-0.05, 0) is 0 Å². The Morgan fingerprint density at radius 3 is 0.364 bits per heavy atom. The Morgan fingerprint density at radius 2 is 0.364 bits per heavy atom. The van der Waals surface area contributed by atoms with E-state index in [9.17, 15) is 0 Å². The summed E-state index contributed by atoms with van der Waals surface area (Å²) in [5.74, 6) is 0. The maximum absolute atomic E-state index is 8.52. The van der Waals surface area contributed by atoms with E-state index in [1.165, 1.54) is 0 Å². The molecule has 128 valence electrons. The first-order chi connectivity index (χ1) is 8.00. The molecule has 22 heavy (non-hydrogen) atoms. The second-order valence-electron chi connectivity index (χ2n) is 1.63. The zero-order valence-corrected chi connectivity index (χ0v) is 18.5. The largest absolute Gasteiger partial charge is 4.00 e. The van der Waals surface area contributed by atoms with Gasteiger partial charge >= 0.3 is 52.0 Å². The van der Waals surface area contributed by atoms with Crippen molar-refractivity contribution < 1.29 is 122 Å². The minimum absolute atomic E-state index is 0. The van der Waals surface area contributed by atoms with E-state index in [0.29, 0.717) is 0 Å². The summed E-state index contributed by atoms with van der Waals surface area (Å²) in [5, 5.41) is 0. The second kappa shape index (κ2) is 15.7. The van der Waals surface area contributed by atoms with E-state index in [0.717, 1.165) is 0 Å². The Kier molecular flexibility index (Phi) is 27.7. The molecule has 0 aliphatic rings. The Balaban J connectivity index is -0.0000000376. The van der Waals surface area contributed by atoms with Crippen molar-refractivity contribution in [2.24, 2.45) is 0 Å². The molecule has 0 aliphatic heterocycles. The van der Waals surface area contributed by atoms with Crippen LogP contribution in [0.25, 0.3) is 0 Å². The van der Waals surface area contributed by atoms with Gasteiger partial charge in [-0.15, -0.1) is 0 Å². The van der Waals surface area contributed by atoms with Crippen LogP contribution < -0.4 is 0 Å². The topological polar surface area (TPSA) is 321 Å². The maximum atomic E-state index is 8.52. The van der Waals surface area contributed by atoms with Crippen molar-refractivity contribution in [2.45, 2.75) is 0 Å². The fourth-order valence-electron chi connectivity index (χ4n) is 0. The van der Waals surface area contributed by atoms with Crippen LogP contribution in [0.2, 0.25) is 0 Å². The summed E-state index contributed by atoms with van der Waals surface area (Å²) in [5.41, 5.74) is 0. The molecule has 0 N–H and O–H groups in total. The zero-order valence-electron chi connectivity index (χ0n) is 9.16. The smallest absolute Gasteiger partial charge is 0.759 e. The third-order valence-electron chi connectivity index (χ3n) is 0. The molecule has 0 rings (SSSR count). The van der Waals surface area contributed by atoms with Crippen molar-refractivity contribution in [3.8, 4) is 0 Å². The minimum atomic E-state index is -5.17. The van der Waals surface area contributed by atoms with E-state index in [2.05, 4.69) is 0 Å². The number of hydrogen-bond acceptors (Lipinski definition) is 16. The fraction of sp³-hybridized carbons (Fsp3) is 0. The van der Waals surface area contributed by atoms with E-state index >= 15 is 0 Å². The molecule has 0 spiro atoms. The van der Waals surface area contributed by atoms with E-state index < -0.39 is 41.6 Å². The van der Waals surface area contributed by atoms with Crippen LogP contribution >= 0.6 is 0 Å². The van der Waals surface area contributed by atoms with Gasteiger partial charge in [0.05, 0.1) is 0 Å². The predicted octanol–water partition coefficient (Wildman–Crippen LogP) is -5.36. The van der Waals surface area contributed by atoms with Gasteiger partial charge in [0.15, 0.2) is 0 Å². The van der Waals surface area contributed by atoms with Crippen molar-refractivity contribution in [3.63, 3.8) is 0 Å². The second-order valence-corrected chi connectivity index (χ2v) is 4.90. The summed E-state index contributed by atoms with van der Waals surface area (Å²) in [4.78, 5) is 0. The van der Waals surface area contributed by atoms with Crippen molar-refractivity contribution in [2.75, 3.05) is 0 Å². The van der Waals surface area contributed by atoms with Crippen LogP contribution in [0.3, 0.4) is 0 Å². The van der Waals surface area contributed by atoms with Gasteiger partial charge < -0.3 is 36.4 Å². The molecule has 0 amide bonds. The summed E-state index contributed by atoms with van der Waals surface area (Å²) in [6.45, 7) is 0. The quantitative estimate of drug-likeness (QED) is 0.134. The van der Waals surface area contributed by atoms with Gasteiger partial charge in [-0.2, -0.15) is 0 Å². The zero-order chi connectivity index (χ0) is 18.0. The van der Waals surface area contributed by atoms with Crippen molar-refractivity contribution in [1.29, 1.82) is 0 Å². The van der Waals surface area contributed by atoms with Crippen LogP contribution in [-0.4, -0.2) is 70.1 Å². The Labute approximate surface area is 162 Å². The van der Waals surface area contributed by atoms with Gasteiger partial charge in [0.1, 0.15) is 0 Å². The molecule has 0 atom stereocenters. The van der Waals surface area contributed by atoms with Gasteiger partial charge in [-0.25, -0.2) is 0 Å². The summed E-state index contributed by atoms with van der Waals surface area (Å²) >= 11 is 0. The third-order valence-corrected chi connectivity index (χ3v) is 0. The van der Waals surface area contributed by atoms with E-state index in [1.54, 1.807) is 0 Å². The van der Waals surface area contributed by atoms with Crippen LogP contribution in [-0.2, 0) is 93.6 Å². The van der Waals surface area contributed by atoms with Crippen molar-refractivity contribution in [1.82, 2.24) is 0 Å². The summed E-state index contributed by atoms with van der Waals surface area (Å²) in [6.07, 6.45) is 0. The molecule has 0 aromatic rings. The van der Waals surface area contributed by atoms with E-state index in [-0.39, 0.29) is 52.0 Å². The molecular formula is HfO16S4Zr. The Bertz CT molecular complexity index is 479. The molecule has 0 unspecified atom stereocenters. The molecule has 0 saturated carbocycles. The first-order valence-corrected chi connectivity index (χ1v) is 8.00. The van der Waals surface area contributed by atoms with Crippen molar-refractivity contribution in [3.05, 3.63) is 0 Å². The monoisotopic (exact) mass is 654 g/mol. The number of hydrogen-bond donors (Lipinski definition) is 0. The Hall–Kier alpha value is 1.23. The first-order valence-electron chi connectivity index (χ1n) is 2.67. The van der Waals surface area contributed by atoms with Gasteiger partial charge in [0.25, 0.3) is 0 Å². The molecule has 0 radical (unpaired) electrons.